The normalized spacial score (nSPS) is 9.57. The number of carbonyl (C=O) groups excluding carboxylic acids is 1. The van der Waals surface area contributed by atoms with E-state index in [4.69, 9.17) is 0 Å². The van der Waals surface area contributed by atoms with Crippen LogP contribution < -0.4 is 5.32 Å². The Hall–Kier alpha value is -1.09. The van der Waals surface area contributed by atoms with Gasteiger partial charge in [0.05, 0.1) is 0 Å². The average Bonchev–Trinajstić information content (AvgIpc) is 2.55. The molecule has 0 aromatic carbocycles. The molecule has 0 aliphatic rings. The van der Waals surface area contributed by atoms with Crippen molar-refractivity contribution in [1.29, 1.82) is 0 Å². The first-order valence-corrected chi connectivity index (χ1v) is 5.56. The van der Waals surface area contributed by atoms with Crippen molar-refractivity contribution >= 4 is 17.2 Å². The minimum Gasteiger partial charge on any atom is -0.352 e. The van der Waals surface area contributed by atoms with Crippen molar-refractivity contribution < 1.29 is 4.79 Å². The summed E-state index contributed by atoms with van der Waals surface area (Å²) in [7, 11) is 0. The van der Waals surface area contributed by atoms with Crippen LogP contribution in [0.15, 0.2) is 28.5 Å². The van der Waals surface area contributed by atoms with Gasteiger partial charge in [-0.2, -0.15) is 11.3 Å². The molecule has 2 nitrogen and oxygen atoms in total. The predicted molar refractivity (Wildman–Crippen MR) is 60.5 cm³/mol. The standard InChI is InChI=1S/C11H15NOS/c1-9(2)7-11(13)12-5-3-10-4-6-14-8-10/h4,6-8H,3,5H2,1-2H3,(H,12,13). The van der Waals surface area contributed by atoms with Crippen molar-refractivity contribution in [2.45, 2.75) is 20.3 Å². The molecule has 0 aliphatic heterocycles. The molecule has 0 spiro atoms. The number of thiophene rings is 1. The molecule has 14 heavy (non-hydrogen) atoms. The van der Waals surface area contributed by atoms with Gasteiger partial charge < -0.3 is 5.32 Å². The Morgan fingerprint density at radius 1 is 1.57 bits per heavy atom. The summed E-state index contributed by atoms with van der Waals surface area (Å²) in [6.07, 6.45) is 2.53. The summed E-state index contributed by atoms with van der Waals surface area (Å²) >= 11 is 1.68. The Bertz CT molecular complexity index is 310. The minimum atomic E-state index is 0.000213. The molecule has 0 unspecified atom stereocenters. The molecule has 1 N–H and O–H groups in total. The lowest BCUT2D eigenvalue weighted by atomic mass is 10.2. The van der Waals surface area contributed by atoms with Gasteiger partial charge in [0, 0.05) is 12.6 Å². The van der Waals surface area contributed by atoms with Crippen LogP contribution in [0.4, 0.5) is 0 Å². The van der Waals surface area contributed by atoms with E-state index in [0.717, 1.165) is 12.0 Å². The monoisotopic (exact) mass is 209 g/mol. The Morgan fingerprint density at radius 3 is 2.93 bits per heavy atom. The fraction of sp³-hybridized carbons (Fsp3) is 0.364. The largest absolute Gasteiger partial charge is 0.352 e. The van der Waals surface area contributed by atoms with Gasteiger partial charge in [-0.05, 0) is 42.7 Å². The van der Waals surface area contributed by atoms with E-state index in [1.165, 1.54) is 5.56 Å². The summed E-state index contributed by atoms with van der Waals surface area (Å²) in [6, 6.07) is 2.08. The van der Waals surface area contributed by atoms with Crippen molar-refractivity contribution in [3.63, 3.8) is 0 Å². The van der Waals surface area contributed by atoms with Gasteiger partial charge in [-0.15, -0.1) is 0 Å². The molecule has 0 saturated heterocycles. The summed E-state index contributed by atoms with van der Waals surface area (Å²) in [5, 5.41) is 6.99. The number of carbonyl (C=O) groups is 1. The summed E-state index contributed by atoms with van der Waals surface area (Å²) in [6.45, 7) is 4.54. The van der Waals surface area contributed by atoms with Gasteiger partial charge in [-0.25, -0.2) is 0 Å². The minimum absolute atomic E-state index is 0.000213. The number of allylic oxidation sites excluding steroid dienone is 1. The van der Waals surface area contributed by atoms with E-state index in [0.29, 0.717) is 6.54 Å². The van der Waals surface area contributed by atoms with Crippen molar-refractivity contribution in [3.05, 3.63) is 34.0 Å². The molecule has 0 aliphatic carbocycles. The molecule has 1 rings (SSSR count). The molecule has 0 atom stereocenters. The third-order valence-corrected chi connectivity index (χ3v) is 2.44. The molecule has 1 aromatic rings. The smallest absolute Gasteiger partial charge is 0.243 e. The first-order valence-electron chi connectivity index (χ1n) is 4.62. The van der Waals surface area contributed by atoms with Crippen LogP contribution in [-0.4, -0.2) is 12.5 Å². The maximum Gasteiger partial charge on any atom is 0.243 e. The third kappa shape index (κ3) is 4.23. The highest BCUT2D eigenvalue weighted by Crippen LogP contribution is 2.05. The first-order chi connectivity index (χ1) is 6.68. The van der Waals surface area contributed by atoms with Crippen molar-refractivity contribution in [3.8, 4) is 0 Å². The number of hydrogen-bond acceptors (Lipinski definition) is 2. The molecule has 0 bridgehead atoms. The van der Waals surface area contributed by atoms with Crippen LogP contribution in [0.25, 0.3) is 0 Å². The van der Waals surface area contributed by atoms with Crippen LogP contribution in [0.1, 0.15) is 19.4 Å². The molecule has 1 amide bonds. The number of nitrogens with one attached hydrogen (secondary N) is 1. The molecule has 0 saturated carbocycles. The van der Waals surface area contributed by atoms with Crippen molar-refractivity contribution in [1.82, 2.24) is 5.32 Å². The quantitative estimate of drug-likeness (QED) is 0.758. The van der Waals surface area contributed by atoms with Crippen LogP contribution in [0.5, 0.6) is 0 Å². The Balaban J connectivity index is 2.22. The topological polar surface area (TPSA) is 29.1 Å². The van der Waals surface area contributed by atoms with E-state index in [-0.39, 0.29) is 5.91 Å². The Morgan fingerprint density at radius 2 is 2.36 bits per heavy atom. The highest BCUT2D eigenvalue weighted by molar-refractivity contribution is 7.07. The van der Waals surface area contributed by atoms with E-state index in [9.17, 15) is 4.79 Å². The van der Waals surface area contributed by atoms with Gasteiger partial charge >= 0.3 is 0 Å². The third-order valence-electron chi connectivity index (χ3n) is 1.71. The van der Waals surface area contributed by atoms with Crippen LogP contribution in [0.3, 0.4) is 0 Å². The Kier molecular flexibility index (Phi) is 4.40. The number of amides is 1. The molecule has 0 radical (unpaired) electrons. The Labute approximate surface area is 88.6 Å². The van der Waals surface area contributed by atoms with Gasteiger partial charge in [0.1, 0.15) is 0 Å². The van der Waals surface area contributed by atoms with Gasteiger partial charge in [0.25, 0.3) is 0 Å². The lowest BCUT2D eigenvalue weighted by Crippen LogP contribution is -2.23. The SMILES string of the molecule is CC(C)=CC(=O)NCCc1ccsc1. The average molecular weight is 209 g/mol. The molecule has 0 fully saturated rings. The van der Waals surface area contributed by atoms with Gasteiger partial charge in [0.2, 0.25) is 5.91 Å². The molecule has 3 heteroatoms. The van der Waals surface area contributed by atoms with Gasteiger partial charge in [-0.1, -0.05) is 5.57 Å². The number of hydrogen-bond donors (Lipinski definition) is 1. The second-order valence-electron chi connectivity index (χ2n) is 3.39. The lowest BCUT2D eigenvalue weighted by Gasteiger charge is -2.00. The zero-order valence-corrected chi connectivity index (χ0v) is 9.36. The fourth-order valence-corrected chi connectivity index (χ4v) is 1.78. The second kappa shape index (κ2) is 5.60. The van der Waals surface area contributed by atoms with E-state index in [1.807, 2.05) is 19.2 Å². The highest BCUT2D eigenvalue weighted by Gasteiger charge is 1.96. The first kappa shape index (κ1) is 11.0. The molecular weight excluding hydrogens is 194 g/mol. The van der Waals surface area contributed by atoms with Crippen LogP contribution in [0.2, 0.25) is 0 Å². The lowest BCUT2D eigenvalue weighted by molar-refractivity contribution is -0.116. The van der Waals surface area contributed by atoms with E-state index >= 15 is 0 Å². The maximum absolute atomic E-state index is 11.2. The summed E-state index contributed by atoms with van der Waals surface area (Å²) < 4.78 is 0. The fourth-order valence-electron chi connectivity index (χ4n) is 1.08. The predicted octanol–water partition coefficient (Wildman–Crippen LogP) is 2.37. The second-order valence-corrected chi connectivity index (χ2v) is 4.17. The van der Waals surface area contributed by atoms with E-state index in [2.05, 4.69) is 16.8 Å². The highest BCUT2D eigenvalue weighted by atomic mass is 32.1. The number of rotatable bonds is 4. The van der Waals surface area contributed by atoms with Crippen LogP contribution >= 0.6 is 11.3 Å². The van der Waals surface area contributed by atoms with Gasteiger partial charge in [-0.3, -0.25) is 4.79 Å². The van der Waals surface area contributed by atoms with Crippen LogP contribution in [0, 0.1) is 0 Å². The summed E-state index contributed by atoms with van der Waals surface area (Å²) in [5.41, 5.74) is 2.31. The zero-order valence-electron chi connectivity index (χ0n) is 8.54. The van der Waals surface area contributed by atoms with Crippen molar-refractivity contribution in [2.75, 3.05) is 6.54 Å². The molecule has 76 valence electrons. The molecular formula is C11H15NOS. The zero-order chi connectivity index (χ0) is 10.4. The molecule has 1 heterocycles. The summed E-state index contributed by atoms with van der Waals surface area (Å²) in [4.78, 5) is 11.2. The van der Waals surface area contributed by atoms with Crippen LogP contribution in [-0.2, 0) is 11.2 Å². The molecule has 1 aromatic heterocycles. The van der Waals surface area contributed by atoms with E-state index in [1.54, 1.807) is 17.4 Å². The van der Waals surface area contributed by atoms with Gasteiger partial charge in [0.15, 0.2) is 0 Å². The van der Waals surface area contributed by atoms with Crippen molar-refractivity contribution in [2.24, 2.45) is 0 Å². The summed E-state index contributed by atoms with van der Waals surface area (Å²) in [5.74, 6) is 0.000213. The van der Waals surface area contributed by atoms with E-state index < -0.39 is 0 Å². The maximum atomic E-state index is 11.2.